The van der Waals surface area contributed by atoms with Gasteiger partial charge in [-0.1, -0.05) is 43.4 Å². The first-order valence-corrected chi connectivity index (χ1v) is 8.61. The van der Waals surface area contributed by atoms with Crippen LogP contribution in [0.2, 0.25) is 5.02 Å². The fourth-order valence-corrected chi connectivity index (χ4v) is 3.51. The number of carbonyl (C=O) groups excluding carboxylic acids is 2. The van der Waals surface area contributed by atoms with Crippen molar-refractivity contribution in [2.75, 3.05) is 14.2 Å². The van der Waals surface area contributed by atoms with Gasteiger partial charge in [0.1, 0.15) is 11.3 Å². The predicted octanol–water partition coefficient (Wildman–Crippen LogP) is 3.27. The van der Waals surface area contributed by atoms with Crippen LogP contribution in [0, 0.1) is 0 Å². The maximum atomic E-state index is 12.6. The Bertz CT molecular complexity index is 595. The molecule has 0 saturated heterocycles. The third-order valence-corrected chi connectivity index (χ3v) is 4.90. The minimum atomic E-state index is -0.934. The number of amides is 1. The molecule has 6 heteroatoms. The van der Waals surface area contributed by atoms with Crippen molar-refractivity contribution >= 4 is 23.5 Å². The van der Waals surface area contributed by atoms with E-state index in [9.17, 15) is 9.59 Å². The molecule has 1 N–H and O–H groups in total. The topological polar surface area (TPSA) is 64.6 Å². The molecule has 0 spiro atoms. The van der Waals surface area contributed by atoms with Gasteiger partial charge in [0.25, 0.3) is 0 Å². The number of benzene rings is 1. The number of carbonyl (C=O) groups is 2. The van der Waals surface area contributed by atoms with Crippen LogP contribution in [0.4, 0.5) is 0 Å². The second-order valence-corrected chi connectivity index (χ2v) is 6.54. The van der Waals surface area contributed by atoms with Gasteiger partial charge >= 0.3 is 5.97 Å². The molecule has 1 aromatic rings. The largest absolute Gasteiger partial charge is 0.496 e. The highest BCUT2D eigenvalue weighted by atomic mass is 35.5. The number of ether oxygens (including phenoxy) is 2. The zero-order valence-corrected chi connectivity index (χ0v) is 14.9. The quantitative estimate of drug-likeness (QED) is 0.651. The van der Waals surface area contributed by atoms with Crippen LogP contribution in [0.5, 0.6) is 5.75 Å². The van der Waals surface area contributed by atoms with Gasteiger partial charge < -0.3 is 14.8 Å². The van der Waals surface area contributed by atoms with Crippen molar-refractivity contribution < 1.29 is 19.1 Å². The van der Waals surface area contributed by atoms with E-state index in [-0.39, 0.29) is 18.3 Å². The summed E-state index contributed by atoms with van der Waals surface area (Å²) in [6.07, 6.45) is 5.17. The zero-order valence-electron chi connectivity index (χ0n) is 14.2. The number of nitrogens with one attached hydrogen (secondary N) is 1. The molecule has 0 aliphatic heterocycles. The summed E-state index contributed by atoms with van der Waals surface area (Å²) in [5.41, 5.74) is -0.315. The summed E-state index contributed by atoms with van der Waals surface area (Å²) in [4.78, 5) is 24.9. The summed E-state index contributed by atoms with van der Waals surface area (Å²) in [5, 5.41) is 3.39. The van der Waals surface area contributed by atoms with Gasteiger partial charge in [0.2, 0.25) is 5.91 Å². The molecule has 1 aliphatic carbocycles. The Morgan fingerprint density at radius 2 is 1.83 bits per heavy atom. The van der Waals surface area contributed by atoms with Crippen molar-refractivity contribution in [2.24, 2.45) is 0 Å². The van der Waals surface area contributed by atoms with Gasteiger partial charge in [-0.25, -0.2) is 4.79 Å². The van der Waals surface area contributed by atoms with E-state index in [1.165, 1.54) is 14.2 Å². The molecule has 0 aromatic heterocycles. The minimum absolute atomic E-state index is 0.0571. The number of rotatable bonds is 5. The van der Waals surface area contributed by atoms with Gasteiger partial charge in [-0.05, 0) is 25.0 Å². The van der Waals surface area contributed by atoms with Crippen molar-refractivity contribution in [3.05, 3.63) is 28.8 Å². The van der Waals surface area contributed by atoms with Gasteiger partial charge in [0, 0.05) is 10.6 Å². The van der Waals surface area contributed by atoms with Gasteiger partial charge in [0.15, 0.2) is 0 Å². The third kappa shape index (κ3) is 4.20. The second-order valence-electron chi connectivity index (χ2n) is 6.13. The molecule has 1 aliphatic rings. The fraction of sp³-hybridized carbons (Fsp3) is 0.556. The van der Waals surface area contributed by atoms with E-state index in [1.807, 2.05) is 0 Å². The lowest BCUT2D eigenvalue weighted by Gasteiger charge is -2.31. The van der Waals surface area contributed by atoms with E-state index < -0.39 is 5.54 Å². The van der Waals surface area contributed by atoms with E-state index in [1.54, 1.807) is 18.2 Å². The summed E-state index contributed by atoms with van der Waals surface area (Å²) in [5.74, 6) is -0.0665. The normalized spacial score (nSPS) is 16.8. The van der Waals surface area contributed by atoms with Crippen LogP contribution >= 0.6 is 11.6 Å². The van der Waals surface area contributed by atoms with Crippen molar-refractivity contribution in [1.29, 1.82) is 0 Å². The Kier molecular flexibility index (Phi) is 6.49. The van der Waals surface area contributed by atoms with Crippen LogP contribution in [0.25, 0.3) is 0 Å². The Labute approximate surface area is 147 Å². The molecule has 2 rings (SSSR count). The standard InChI is InChI=1S/C18H24ClNO4/c1-23-15-9-7-8-14(19)13(15)12-16(21)20-18(17(22)24-2)10-5-3-4-6-11-18/h7-9H,3-6,10-12H2,1-2H3,(H,20,21). The first kappa shape index (κ1) is 18.6. The summed E-state index contributed by atoms with van der Waals surface area (Å²) >= 11 is 6.19. The molecule has 132 valence electrons. The van der Waals surface area contributed by atoms with Crippen molar-refractivity contribution in [3.63, 3.8) is 0 Å². The summed E-state index contributed by atoms with van der Waals surface area (Å²) < 4.78 is 10.2. The Morgan fingerprint density at radius 1 is 1.17 bits per heavy atom. The van der Waals surface area contributed by atoms with Gasteiger partial charge in [-0.2, -0.15) is 0 Å². The average molecular weight is 354 g/mol. The average Bonchev–Trinajstić information content (AvgIpc) is 2.82. The Hall–Kier alpha value is -1.75. The molecule has 1 saturated carbocycles. The van der Waals surface area contributed by atoms with E-state index >= 15 is 0 Å². The highest BCUT2D eigenvalue weighted by molar-refractivity contribution is 6.31. The minimum Gasteiger partial charge on any atom is -0.496 e. The number of esters is 1. The SMILES string of the molecule is COC(=O)C1(NC(=O)Cc2c(Cl)cccc2OC)CCCCCC1. The van der Waals surface area contributed by atoms with Gasteiger partial charge in [-0.3, -0.25) is 4.79 Å². The lowest BCUT2D eigenvalue weighted by atomic mass is 9.89. The van der Waals surface area contributed by atoms with Crippen LogP contribution in [0.1, 0.15) is 44.1 Å². The highest BCUT2D eigenvalue weighted by Gasteiger charge is 2.41. The molecular formula is C18H24ClNO4. The molecular weight excluding hydrogens is 330 g/mol. The number of hydrogen-bond donors (Lipinski definition) is 1. The lowest BCUT2D eigenvalue weighted by molar-refractivity contribution is -0.151. The number of hydrogen-bond acceptors (Lipinski definition) is 4. The van der Waals surface area contributed by atoms with Crippen LogP contribution < -0.4 is 10.1 Å². The first-order valence-electron chi connectivity index (χ1n) is 8.23. The fourth-order valence-electron chi connectivity index (χ4n) is 3.28. The van der Waals surface area contributed by atoms with E-state index in [2.05, 4.69) is 5.32 Å². The Morgan fingerprint density at radius 3 is 2.42 bits per heavy atom. The molecule has 1 fully saturated rings. The summed E-state index contributed by atoms with van der Waals surface area (Å²) in [7, 11) is 2.90. The molecule has 1 amide bonds. The summed E-state index contributed by atoms with van der Waals surface area (Å²) in [6, 6.07) is 5.24. The predicted molar refractivity (Wildman–Crippen MR) is 92.3 cm³/mol. The van der Waals surface area contributed by atoms with Crippen molar-refractivity contribution in [3.8, 4) is 5.75 Å². The van der Waals surface area contributed by atoms with Crippen LogP contribution in [-0.2, 0) is 20.7 Å². The maximum Gasteiger partial charge on any atom is 0.331 e. The molecule has 0 unspecified atom stereocenters. The van der Waals surface area contributed by atoms with Crippen LogP contribution in [0.3, 0.4) is 0 Å². The van der Waals surface area contributed by atoms with E-state index in [4.69, 9.17) is 21.1 Å². The lowest BCUT2D eigenvalue weighted by Crippen LogP contribution is -2.55. The molecule has 1 aromatic carbocycles. The first-order chi connectivity index (χ1) is 11.5. The van der Waals surface area contributed by atoms with E-state index in [0.717, 1.165) is 25.7 Å². The smallest absolute Gasteiger partial charge is 0.331 e. The van der Waals surface area contributed by atoms with Gasteiger partial charge in [-0.15, -0.1) is 0 Å². The molecule has 0 atom stereocenters. The summed E-state index contributed by atoms with van der Waals surface area (Å²) in [6.45, 7) is 0. The third-order valence-electron chi connectivity index (χ3n) is 4.55. The van der Waals surface area contributed by atoms with Crippen molar-refractivity contribution in [1.82, 2.24) is 5.32 Å². The number of methoxy groups -OCH3 is 2. The molecule has 5 nitrogen and oxygen atoms in total. The zero-order chi connectivity index (χ0) is 17.6. The maximum absolute atomic E-state index is 12.6. The highest BCUT2D eigenvalue weighted by Crippen LogP contribution is 2.30. The second kappa shape index (κ2) is 8.38. The molecule has 0 heterocycles. The molecule has 0 radical (unpaired) electrons. The Balaban J connectivity index is 2.18. The van der Waals surface area contributed by atoms with Crippen molar-refractivity contribution in [2.45, 2.75) is 50.5 Å². The van der Waals surface area contributed by atoms with E-state index in [0.29, 0.717) is 29.2 Å². The monoisotopic (exact) mass is 353 g/mol. The van der Waals surface area contributed by atoms with Crippen LogP contribution in [0.15, 0.2) is 18.2 Å². The van der Waals surface area contributed by atoms with Crippen LogP contribution in [-0.4, -0.2) is 31.6 Å². The molecule has 0 bridgehead atoms. The number of halogens is 1. The van der Waals surface area contributed by atoms with Gasteiger partial charge in [0.05, 0.1) is 20.6 Å². The molecule has 24 heavy (non-hydrogen) atoms.